The van der Waals surface area contributed by atoms with Gasteiger partial charge in [-0.15, -0.1) is 0 Å². The molecule has 96 valence electrons. The van der Waals surface area contributed by atoms with E-state index in [1.54, 1.807) is 0 Å². The van der Waals surface area contributed by atoms with Crippen LogP contribution in [-0.2, 0) is 19.4 Å². The summed E-state index contributed by atoms with van der Waals surface area (Å²) in [5.41, 5.74) is 2.74. The zero-order chi connectivity index (χ0) is 12.7. The van der Waals surface area contributed by atoms with Crippen LogP contribution < -0.4 is 14.8 Å². The predicted molar refractivity (Wildman–Crippen MR) is 64.3 cm³/mol. The van der Waals surface area contributed by atoms with E-state index in [2.05, 4.69) is 5.32 Å². The molecule has 6 heteroatoms. The third-order valence-electron chi connectivity index (χ3n) is 3.42. The van der Waals surface area contributed by atoms with Gasteiger partial charge >= 0.3 is 5.69 Å². The van der Waals surface area contributed by atoms with Crippen molar-refractivity contribution in [3.8, 4) is 11.5 Å². The van der Waals surface area contributed by atoms with Crippen LogP contribution in [-0.4, -0.2) is 25.2 Å². The fraction of sp³-hybridized carbons (Fsp3) is 0.500. The van der Waals surface area contributed by atoms with Crippen LogP contribution in [0.3, 0.4) is 0 Å². The fourth-order valence-corrected chi connectivity index (χ4v) is 2.74. The van der Waals surface area contributed by atoms with Crippen molar-refractivity contribution < 1.29 is 14.4 Å². The lowest BCUT2D eigenvalue weighted by molar-refractivity contribution is -0.386. The summed E-state index contributed by atoms with van der Waals surface area (Å²) in [5.74, 6) is 1.15. The maximum absolute atomic E-state index is 11.2. The number of rotatable bonds is 3. The molecule has 0 saturated carbocycles. The molecule has 0 aromatic heterocycles. The summed E-state index contributed by atoms with van der Waals surface area (Å²) in [6.07, 6.45) is 1.29. The Balaban J connectivity index is 2.28. The summed E-state index contributed by atoms with van der Waals surface area (Å²) < 4.78 is 11.1. The van der Waals surface area contributed by atoms with Crippen LogP contribution in [0.5, 0.6) is 11.5 Å². The van der Waals surface area contributed by atoms with Crippen LogP contribution in [0, 0.1) is 10.1 Å². The normalized spacial score (nSPS) is 15.8. The Bertz CT molecular complexity index is 492. The maximum atomic E-state index is 11.2. The molecule has 0 radical (unpaired) electrons. The van der Waals surface area contributed by atoms with Crippen molar-refractivity contribution in [3.05, 3.63) is 26.8 Å². The molecular weight excluding hydrogens is 236 g/mol. The van der Waals surface area contributed by atoms with Crippen LogP contribution in [0.1, 0.15) is 16.7 Å². The molecular formula is C12H14N2O4. The standard InChI is InChI=1S/C12H14N2O4/c1-13-6-9-7-2-4-18-12(7)10(14(15)16)8-3-5-17-11(8)9/h13H,2-6H2,1H3. The third kappa shape index (κ3) is 1.45. The average molecular weight is 250 g/mol. The van der Waals surface area contributed by atoms with E-state index in [-0.39, 0.29) is 10.6 Å². The van der Waals surface area contributed by atoms with E-state index in [1.807, 2.05) is 7.05 Å². The highest BCUT2D eigenvalue weighted by atomic mass is 16.6. The molecule has 0 saturated heterocycles. The Morgan fingerprint density at radius 1 is 1.22 bits per heavy atom. The van der Waals surface area contributed by atoms with Crippen LogP contribution >= 0.6 is 0 Å². The SMILES string of the molecule is CNCc1c2c(c([N+](=O)[O-])c3c1OCC3)OCC2. The summed E-state index contributed by atoms with van der Waals surface area (Å²) in [7, 11) is 1.85. The first kappa shape index (κ1) is 11.3. The first-order chi connectivity index (χ1) is 8.74. The summed E-state index contributed by atoms with van der Waals surface area (Å²) >= 11 is 0. The topological polar surface area (TPSA) is 73.6 Å². The Labute approximate surface area is 104 Å². The maximum Gasteiger partial charge on any atom is 0.318 e. The fourth-order valence-electron chi connectivity index (χ4n) is 2.74. The Morgan fingerprint density at radius 3 is 2.56 bits per heavy atom. The monoisotopic (exact) mass is 250 g/mol. The predicted octanol–water partition coefficient (Wildman–Crippen LogP) is 1.18. The molecule has 1 N–H and O–H groups in total. The molecule has 1 aromatic carbocycles. The van der Waals surface area contributed by atoms with Gasteiger partial charge in [0.15, 0.2) is 0 Å². The summed E-state index contributed by atoms with van der Waals surface area (Å²) in [6.45, 7) is 1.66. The van der Waals surface area contributed by atoms with Crippen molar-refractivity contribution in [1.82, 2.24) is 5.32 Å². The van der Waals surface area contributed by atoms with E-state index in [0.717, 1.165) is 11.1 Å². The minimum absolute atomic E-state index is 0.106. The summed E-state index contributed by atoms with van der Waals surface area (Å²) in [6, 6.07) is 0. The van der Waals surface area contributed by atoms with Gasteiger partial charge in [-0.1, -0.05) is 0 Å². The molecule has 0 atom stereocenters. The summed E-state index contributed by atoms with van der Waals surface area (Å²) in [5, 5.41) is 14.3. The van der Waals surface area contributed by atoms with Gasteiger partial charge in [0, 0.05) is 30.5 Å². The van der Waals surface area contributed by atoms with Crippen LogP contribution in [0.4, 0.5) is 5.69 Å². The van der Waals surface area contributed by atoms with E-state index in [4.69, 9.17) is 9.47 Å². The van der Waals surface area contributed by atoms with E-state index in [0.29, 0.717) is 49.7 Å². The second kappa shape index (κ2) is 4.13. The molecule has 0 bridgehead atoms. The van der Waals surface area contributed by atoms with Gasteiger partial charge in [0.25, 0.3) is 0 Å². The molecule has 2 heterocycles. The quantitative estimate of drug-likeness (QED) is 0.644. The highest BCUT2D eigenvalue weighted by Gasteiger charge is 2.36. The number of fused-ring (bicyclic) bond motifs is 2. The minimum Gasteiger partial charge on any atom is -0.492 e. The van der Waals surface area contributed by atoms with Crippen molar-refractivity contribution >= 4 is 5.69 Å². The largest absolute Gasteiger partial charge is 0.492 e. The lowest BCUT2D eigenvalue weighted by Gasteiger charge is -2.12. The number of hydrogen-bond donors (Lipinski definition) is 1. The number of nitro groups is 1. The van der Waals surface area contributed by atoms with Crippen LogP contribution in [0.15, 0.2) is 0 Å². The van der Waals surface area contributed by atoms with E-state index < -0.39 is 0 Å². The second-order valence-electron chi connectivity index (χ2n) is 4.43. The Hall–Kier alpha value is -1.82. The molecule has 6 nitrogen and oxygen atoms in total. The van der Waals surface area contributed by atoms with E-state index >= 15 is 0 Å². The smallest absolute Gasteiger partial charge is 0.318 e. The summed E-state index contributed by atoms with van der Waals surface area (Å²) in [4.78, 5) is 10.9. The lowest BCUT2D eigenvalue weighted by Crippen LogP contribution is -2.09. The molecule has 1 aromatic rings. The molecule has 3 rings (SSSR count). The highest BCUT2D eigenvalue weighted by Crippen LogP contribution is 2.48. The number of nitrogens with zero attached hydrogens (tertiary/aromatic N) is 1. The zero-order valence-electron chi connectivity index (χ0n) is 10.1. The first-order valence-corrected chi connectivity index (χ1v) is 5.99. The third-order valence-corrected chi connectivity index (χ3v) is 3.42. The van der Waals surface area contributed by atoms with Crippen molar-refractivity contribution in [3.63, 3.8) is 0 Å². The van der Waals surface area contributed by atoms with Gasteiger partial charge in [-0.25, -0.2) is 0 Å². The Morgan fingerprint density at radius 2 is 1.89 bits per heavy atom. The molecule has 0 fully saturated rings. The van der Waals surface area contributed by atoms with Crippen LogP contribution in [0.25, 0.3) is 0 Å². The number of ether oxygens (including phenoxy) is 2. The van der Waals surface area contributed by atoms with Gasteiger partial charge in [-0.05, 0) is 7.05 Å². The van der Waals surface area contributed by atoms with Gasteiger partial charge in [0.05, 0.1) is 23.7 Å². The number of nitrogens with one attached hydrogen (secondary N) is 1. The number of nitro benzene ring substituents is 1. The first-order valence-electron chi connectivity index (χ1n) is 5.99. The minimum atomic E-state index is -0.346. The van der Waals surface area contributed by atoms with Crippen molar-refractivity contribution in [1.29, 1.82) is 0 Å². The second-order valence-corrected chi connectivity index (χ2v) is 4.43. The molecule has 0 aliphatic carbocycles. The van der Waals surface area contributed by atoms with Gasteiger partial charge < -0.3 is 14.8 Å². The van der Waals surface area contributed by atoms with Gasteiger partial charge in [0.1, 0.15) is 5.75 Å². The van der Waals surface area contributed by atoms with E-state index in [9.17, 15) is 10.1 Å². The van der Waals surface area contributed by atoms with Crippen LogP contribution in [0.2, 0.25) is 0 Å². The molecule has 0 unspecified atom stereocenters. The number of hydrogen-bond acceptors (Lipinski definition) is 5. The van der Waals surface area contributed by atoms with Gasteiger partial charge in [-0.2, -0.15) is 0 Å². The van der Waals surface area contributed by atoms with Crippen molar-refractivity contribution in [2.75, 3.05) is 20.3 Å². The molecule has 0 amide bonds. The molecule has 0 spiro atoms. The average Bonchev–Trinajstić information content (AvgIpc) is 2.96. The van der Waals surface area contributed by atoms with Crippen molar-refractivity contribution in [2.24, 2.45) is 0 Å². The highest BCUT2D eigenvalue weighted by molar-refractivity contribution is 5.69. The zero-order valence-corrected chi connectivity index (χ0v) is 10.1. The number of benzene rings is 1. The Kier molecular flexibility index (Phi) is 2.59. The van der Waals surface area contributed by atoms with Gasteiger partial charge in [0.2, 0.25) is 5.75 Å². The molecule has 18 heavy (non-hydrogen) atoms. The van der Waals surface area contributed by atoms with Gasteiger partial charge in [-0.3, -0.25) is 10.1 Å². The molecule has 2 aliphatic heterocycles. The van der Waals surface area contributed by atoms with E-state index in [1.165, 1.54) is 0 Å². The van der Waals surface area contributed by atoms with Crippen molar-refractivity contribution in [2.45, 2.75) is 19.4 Å². The lowest BCUT2D eigenvalue weighted by atomic mass is 9.97. The molecule has 2 aliphatic rings.